The van der Waals surface area contributed by atoms with Crippen molar-refractivity contribution in [1.29, 1.82) is 0 Å². The summed E-state index contributed by atoms with van der Waals surface area (Å²) in [4.78, 5) is 0. The number of rotatable bonds is 10. The molecule has 0 heterocycles. The molecule has 0 aromatic carbocycles. The highest BCUT2D eigenvalue weighted by Gasteiger charge is 2.04. The zero-order chi connectivity index (χ0) is 10.6. The van der Waals surface area contributed by atoms with Crippen LogP contribution in [0.3, 0.4) is 0 Å². The molecule has 0 aliphatic carbocycles. The van der Waals surface area contributed by atoms with Crippen LogP contribution in [0.2, 0.25) is 0 Å². The summed E-state index contributed by atoms with van der Waals surface area (Å²) in [5.74, 6) is 0. The molecule has 0 amide bonds. The third-order valence-electron chi connectivity index (χ3n) is 2.16. The van der Waals surface area contributed by atoms with Crippen LogP contribution in [0.1, 0.15) is 51.9 Å². The molecule has 0 atom stereocenters. The Kier molecular flexibility index (Phi) is 11.0. The number of hydrogen-bond donors (Lipinski definition) is 2. The lowest BCUT2D eigenvalue weighted by molar-refractivity contribution is 0.149. The highest BCUT2D eigenvalue weighted by Crippen LogP contribution is 2.06. The third-order valence-corrected chi connectivity index (χ3v) is 2.16. The van der Waals surface area contributed by atoms with Gasteiger partial charge in [-0.25, -0.2) is 0 Å². The Morgan fingerprint density at radius 2 is 1.50 bits per heavy atom. The van der Waals surface area contributed by atoms with Crippen molar-refractivity contribution >= 4 is 7.12 Å². The van der Waals surface area contributed by atoms with Crippen LogP contribution in [-0.2, 0) is 4.74 Å². The highest BCUT2D eigenvalue weighted by atomic mass is 16.5. The molecular weight excluding hydrogens is 179 g/mol. The second kappa shape index (κ2) is 11.0. The van der Waals surface area contributed by atoms with E-state index in [1.54, 1.807) is 0 Å². The highest BCUT2D eigenvalue weighted by molar-refractivity contribution is 6.40. The molecule has 0 aliphatic rings. The van der Waals surface area contributed by atoms with Gasteiger partial charge < -0.3 is 14.8 Å². The first kappa shape index (κ1) is 13.9. The van der Waals surface area contributed by atoms with E-state index in [1.807, 2.05) is 0 Å². The van der Waals surface area contributed by atoms with Crippen molar-refractivity contribution < 1.29 is 14.8 Å². The SMILES string of the molecule is CCCCCCCCCOCB(O)O. The molecule has 0 unspecified atom stereocenters. The molecule has 4 heteroatoms. The fourth-order valence-electron chi connectivity index (χ4n) is 1.35. The van der Waals surface area contributed by atoms with Crippen molar-refractivity contribution in [2.75, 3.05) is 13.1 Å². The molecule has 0 rings (SSSR count). The lowest BCUT2D eigenvalue weighted by Gasteiger charge is -2.03. The topological polar surface area (TPSA) is 49.7 Å². The third kappa shape index (κ3) is 11.9. The molecule has 0 aliphatic heterocycles. The molecule has 0 bridgehead atoms. The maximum atomic E-state index is 8.48. The Bertz CT molecular complexity index is 110. The molecule has 0 saturated carbocycles. The molecule has 0 saturated heterocycles. The summed E-state index contributed by atoms with van der Waals surface area (Å²) in [5.41, 5.74) is 0. The maximum Gasteiger partial charge on any atom is 0.479 e. The van der Waals surface area contributed by atoms with Gasteiger partial charge >= 0.3 is 7.12 Å². The van der Waals surface area contributed by atoms with Crippen LogP contribution in [-0.4, -0.2) is 30.3 Å². The van der Waals surface area contributed by atoms with Crippen molar-refractivity contribution in [3.8, 4) is 0 Å². The molecular formula is C10H23BO3. The fraction of sp³-hybridized carbons (Fsp3) is 1.00. The smallest absolute Gasteiger partial charge is 0.426 e. The van der Waals surface area contributed by atoms with E-state index in [4.69, 9.17) is 14.8 Å². The molecule has 0 fully saturated rings. The van der Waals surface area contributed by atoms with E-state index in [-0.39, 0.29) is 6.51 Å². The molecule has 0 spiro atoms. The van der Waals surface area contributed by atoms with E-state index in [0.29, 0.717) is 6.61 Å². The van der Waals surface area contributed by atoms with Crippen LogP contribution in [0.25, 0.3) is 0 Å². The quantitative estimate of drug-likeness (QED) is 0.419. The number of unbranched alkanes of at least 4 members (excludes halogenated alkanes) is 6. The first-order valence-corrected chi connectivity index (χ1v) is 5.71. The largest absolute Gasteiger partial charge is 0.479 e. The van der Waals surface area contributed by atoms with Crippen LogP contribution in [0, 0.1) is 0 Å². The Hall–Kier alpha value is -0.0551. The van der Waals surface area contributed by atoms with Crippen molar-refractivity contribution in [2.45, 2.75) is 51.9 Å². The van der Waals surface area contributed by atoms with E-state index < -0.39 is 7.12 Å². The van der Waals surface area contributed by atoms with Crippen molar-refractivity contribution in [1.82, 2.24) is 0 Å². The van der Waals surface area contributed by atoms with E-state index in [0.717, 1.165) is 6.42 Å². The van der Waals surface area contributed by atoms with Crippen LogP contribution in [0.4, 0.5) is 0 Å². The molecule has 84 valence electrons. The zero-order valence-corrected chi connectivity index (χ0v) is 9.24. The first-order valence-electron chi connectivity index (χ1n) is 5.71. The summed E-state index contributed by atoms with van der Waals surface area (Å²) >= 11 is 0. The number of hydrogen-bond acceptors (Lipinski definition) is 3. The Balaban J connectivity index is 2.85. The summed E-state index contributed by atoms with van der Waals surface area (Å²) in [6.45, 7) is 2.90. The summed E-state index contributed by atoms with van der Waals surface area (Å²) in [6, 6.07) is 0. The van der Waals surface area contributed by atoms with Gasteiger partial charge in [0.2, 0.25) is 0 Å². The van der Waals surface area contributed by atoms with Gasteiger partial charge in [0.25, 0.3) is 0 Å². The van der Waals surface area contributed by atoms with E-state index in [9.17, 15) is 0 Å². The van der Waals surface area contributed by atoms with Gasteiger partial charge in [0, 0.05) is 6.61 Å². The standard InChI is InChI=1S/C10H23BO3/c1-2-3-4-5-6-7-8-9-14-10-11(12)13/h12-13H,2-10H2,1H3. The van der Waals surface area contributed by atoms with Gasteiger partial charge in [-0.05, 0) is 6.42 Å². The van der Waals surface area contributed by atoms with Gasteiger partial charge in [0.1, 0.15) is 0 Å². The Morgan fingerprint density at radius 1 is 0.929 bits per heavy atom. The lowest BCUT2D eigenvalue weighted by Crippen LogP contribution is -2.20. The minimum absolute atomic E-state index is 0.0375. The van der Waals surface area contributed by atoms with Gasteiger partial charge in [0.05, 0.1) is 6.51 Å². The van der Waals surface area contributed by atoms with Crippen LogP contribution in [0.5, 0.6) is 0 Å². The van der Waals surface area contributed by atoms with Gasteiger partial charge in [-0.15, -0.1) is 0 Å². The zero-order valence-electron chi connectivity index (χ0n) is 9.24. The monoisotopic (exact) mass is 202 g/mol. The lowest BCUT2D eigenvalue weighted by atomic mass is 9.95. The van der Waals surface area contributed by atoms with Crippen LogP contribution >= 0.6 is 0 Å². The number of ether oxygens (including phenoxy) is 1. The van der Waals surface area contributed by atoms with Gasteiger partial charge in [-0.2, -0.15) is 0 Å². The minimum Gasteiger partial charge on any atom is -0.426 e. The normalized spacial score (nSPS) is 10.5. The summed E-state index contributed by atoms with van der Waals surface area (Å²) < 4.78 is 5.02. The first-order chi connectivity index (χ1) is 6.77. The molecule has 0 aromatic heterocycles. The minimum atomic E-state index is -1.32. The Morgan fingerprint density at radius 3 is 2.07 bits per heavy atom. The molecule has 0 radical (unpaired) electrons. The maximum absolute atomic E-state index is 8.48. The van der Waals surface area contributed by atoms with Gasteiger partial charge in [-0.1, -0.05) is 45.4 Å². The summed E-state index contributed by atoms with van der Waals surface area (Å²) in [7, 11) is -1.32. The molecule has 2 N–H and O–H groups in total. The second-order valence-electron chi connectivity index (χ2n) is 3.68. The van der Waals surface area contributed by atoms with Gasteiger partial charge in [0.15, 0.2) is 0 Å². The van der Waals surface area contributed by atoms with Crippen molar-refractivity contribution in [3.63, 3.8) is 0 Å². The van der Waals surface area contributed by atoms with Crippen molar-refractivity contribution in [3.05, 3.63) is 0 Å². The second-order valence-corrected chi connectivity index (χ2v) is 3.68. The van der Waals surface area contributed by atoms with E-state index in [2.05, 4.69) is 6.92 Å². The van der Waals surface area contributed by atoms with E-state index >= 15 is 0 Å². The Labute approximate surface area is 87.6 Å². The van der Waals surface area contributed by atoms with E-state index in [1.165, 1.54) is 38.5 Å². The molecule has 14 heavy (non-hydrogen) atoms. The van der Waals surface area contributed by atoms with Gasteiger partial charge in [-0.3, -0.25) is 0 Å². The van der Waals surface area contributed by atoms with Crippen molar-refractivity contribution in [2.24, 2.45) is 0 Å². The predicted molar refractivity (Wildman–Crippen MR) is 59.0 cm³/mol. The van der Waals surface area contributed by atoms with Crippen LogP contribution in [0.15, 0.2) is 0 Å². The predicted octanol–water partition coefficient (Wildman–Crippen LogP) is 1.77. The molecule has 0 aromatic rings. The summed E-state index contributed by atoms with van der Waals surface area (Å²) in [5, 5.41) is 17.0. The fourth-order valence-corrected chi connectivity index (χ4v) is 1.35. The average molecular weight is 202 g/mol. The molecule has 3 nitrogen and oxygen atoms in total. The average Bonchev–Trinajstić information content (AvgIpc) is 2.15. The van der Waals surface area contributed by atoms with Crippen LogP contribution < -0.4 is 0 Å². The summed E-state index contributed by atoms with van der Waals surface area (Å²) in [6.07, 6.45) is 8.77.